The van der Waals surface area contributed by atoms with Gasteiger partial charge in [-0.15, -0.1) is 0 Å². The number of hydrogen-bond acceptors (Lipinski definition) is 7. The van der Waals surface area contributed by atoms with Crippen LogP contribution in [0.25, 0.3) is 12.2 Å². The van der Waals surface area contributed by atoms with Gasteiger partial charge in [0.1, 0.15) is 5.75 Å². The van der Waals surface area contributed by atoms with Gasteiger partial charge in [0.2, 0.25) is 5.75 Å². The lowest BCUT2D eigenvalue weighted by atomic mass is 10.1. The molecule has 0 saturated heterocycles. The molecule has 0 fully saturated rings. The molecule has 3 aromatic carbocycles. The summed E-state index contributed by atoms with van der Waals surface area (Å²) in [5.74, 6) is 2.13. The van der Waals surface area contributed by atoms with Crippen molar-refractivity contribution >= 4 is 29.3 Å². The Hall–Kier alpha value is -4.39. The van der Waals surface area contributed by atoms with Crippen LogP contribution in [0.5, 0.6) is 23.0 Å². The maximum absolute atomic E-state index is 12.3. The summed E-state index contributed by atoms with van der Waals surface area (Å²) in [6.45, 7) is 0. The average molecular weight is 461 g/mol. The molecule has 7 heteroatoms. The predicted octanol–water partition coefficient (Wildman–Crippen LogP) is 5.28. The van der Waals surface area contributed by atoms with Crippen LogP contribution in [0.1, 0.15) is 21.5 Å². The van der Waals surface area contributed by atoms with E-state index >= 15 is 0 Å². The first-order chi connectivity index (χ1) is 16.5. The molecule has 7 nitrogen and oxygen atoms in total. The molecule has 3 N–H and O–H groups in total. The van der Waals surface area contributed by atoms with Crippen LogP contribution >= 0.6 is 0 Å². The number of carbonyl (C=O) groups excluding carboxylic acids is 1. The topological polar surface area (TPSA) is 92.0 Å². The van der Waals surface area contributed by atoms with Gasteiger partial charge in [-0.3, -0.25) is 4.79 Å². The minimum Gasteiger partial charge on any atom is -0.495 e. The molecule has 0 aliphatic heterocycles. The Balaban J connectivity index is 1.63. The molecule has 3 rings (SSSR count). The Morgan fingerprint density at radius 3 is 1.94 bits per heavy atom. The Morgan fingerprint density at radius 2 is 1.38 bits per heavy atom. The van der Waals surface area contributed by atoms with Crippen molar-refractivity contribution in [2.75, 3.05) is 39.5 Å². The molecule has 0 saturated carbocycles. The fourth-order valence-corrected chi connectivity index (χ4v) is 3.28. The van der Waals surface area contributed by atoms with Crippen LogP contribution in [-0.4, -0.2) is 34.2 Å². The molecule has 0 spiro atoms. The van der Waals surface area contributed by atoms with Crippen molar-refractivity contribution in [3.63, 3.8) is 0 Å². The van der Waals surface area contributed by atoms with Crippen molar-refractivity contribution in [1.29, 1.82) is 0 Å². The van der Waals surface area contributed by atoms with E-state index in [9.17, 15) is 4.79 Å². The molecular weight excluding hydrogens is 432 g/mol. The van der Waals surface area contributed by atoms with Gasteiger partial charge in [-0.2, -0.15) is 0 Å². The molecular formula is C27H28N2O5. The van der Waals surface area contributed by atoms with Gasteiger partial charge >= 0.3 is 0 Å². The van der Waals surface area contributed by atoms with Gasteiger partial charge in [0.05, 0.1) is 34.1 Å². The number of ether oxygens (including phenoxy) is 4. The van der Waals surface area contributed by atoms with Gasteiger partial charge in [-0.05, 0) is 53.6 Å². The van der Waals surface area contributed by atoms with E-state index in [2.05, 4.69) is 5.32 Å². The highest BCUT2D eigenvalue weighted by molar-refractivity contribution is 6.05. The summed E-state index contributed by atoms with van der Waals surface area (Å²) in [4.78, 5) is 12.3. The minimum atomic E-state index is -0.160. The zero-order valence-electron chi connectivity index (χ0n) is 19.6. The third-order valence-electron chi connectivity index (χ3n) is 5.06. The summed E-state index contributed by atoms with van der Waals surface area (Å²) >= 11 is 0. The van der Waals surface area contributed by atoms with Crippen molar-refractivity contribution in [2.24, 2.45) is 0 Å². The Morgan fingerprint density at radius 1 is 0.765 bits per heavy atom. The number of hydrogen-bond donors (Lipinski definition) is 2. The van der Waals surface area contributed by atoms with Crippen LogP contribution in [0.15, 0.2) is 66.9 Å². The summed E-state index contributed by atoms with van der Waals surface area (Å²) in [6.07, 6.45) is 7.01. The van der Waals surface area contributed by atoms with Crippen LogP contribution in [0.3, 0.4) is 0 Å². The van der Waals surface area contributed by atoms with E-state index in [1.165, 1.54) is 13.2 Å². The summed E-state index contributed by atoms with van der Waals surface area (Å²) in [6, 6.07) is 16.5. The molecule has 0 heterocycles. The zero-order valence-corrected chi connectivity index (χ0v) is 19.6. The molecule has 0 amide bonds. The second-order valence-corrected chi connectivity index (χ2v) is 7.21. The van der Waals surface area contributed by atoms with Crippen molar-refractivity contribution in [2.45, 2.75) is 0 Å². The third-order valence-corrected chi connectivity index (χ3v) is 5.06. The van der Waals surface area contributed by atoms with Gasteiger partial charge in [-0.25, -0.2) is 0 Å². The maximum atomic E-state index is 12.3. The third kappa shape index (κ3) is 5.89. The zero-order chi connectivity index (χ0) is 24.5. The Labute approximate surface area is 199 Å². The number of rotatable bonds is 10. The second-order valence-electron chi connectivity index (χ2n) is 7.21. The predicted molar refractivity (Wildman–Crippen MR) is 136 cm³/mol. The van der Waals surface area contributed by atoms with Gasteiger partial charge in [0.15, 0.2) is 17.3 Å². The molecule has 0 aromatic heterocycles. The van der Waals surface area contributed by atoms with Crippen molar-refractivity contribution in [3.05, 3.63) is 83.6 Å². The standard InChI is InChI=1S/C27H28N2O5/c1-31-24-12-9-20(17-22(24)28)23(30)13-14-29-21-10-7-18(8-11-21)5-6-19-15-25(32-2)27(34-4)26(16-19)33-3/h5-17,29H,28H2,1-4H3. The van der Waals surface area contributed by atoms with Crippen molar-refractivity contribution < 1.29 is 23.7 Å². The van der Waals surface area contributed by atoms with Gasteiger partial charge in [0.25, 0.3) is 0 Å². The van der Waals surface area contributed by atoms with E-state index in [0.717, 1.165) is 16.8 Å². The lowest BCUT2D eigenvalue weighted by molar-refractivity contribution is 0.104. The van der Waals surface area contributed by atoms with E-state index in [1.54, 1.807) is 45.7 Å². The first-order valence-corrected chi connectivity index (χ1v) is 10.5. The molecule has 3 aromatic rings. The van der Waals surface area contributed by atoms with E-state index in [1.807, 2.05) is 48.6 Å². The minimum absolute atomic E-state index is 0.160. The van der Waals surface area contributed by atoms with Crippen molar-refractivity contribution in [3.8, 4) is 23.0 Å². The van der Waals surface area contributed by atoms with E-state index < -0.39 is 0 Å². The highest BCUT2D eigenvalue weighted by Gasteiger charge is 2.12. The molecule has 0 unspecified atom stereocenters. The second kappa shape index (κ2) is 11.5. The van der Waals surface area contributed by atoms with E-state index in [-0.39, 0.29) is 5.78 Å². The van der Waals surface area contributed by atoms with Crippen LogP contribution in [-0.2, 0) is 0 Å². The van der Waals surface area contributed by atoms with Gasteiger partial charge < -0.3 is 30.0 Å². The Bertz CT molecular complexity index is 1180. The summed E-state index contributed by atoms with van der Waals surface area (Å²) in [5, 5.41) is 3.10. The Kier molecular flexibility index (Phi) is 8.18. The lowest BCUT2D eigenvalue weighted by Gasteiger charge is -2.12. The molecule has 0 aliphatic rings. The molecule has 0 atom stereocenters. The molecule has 0 aliphatic carbocycles. The largest absolute Gasteiger partial charge is 0.495 e. The molecule has 0 radical (unpaired) electrons. The van der Waals surface area contributed by atoms with Crippen LogP contribution in [0.4, 0.5) is 11.4 Å². The SMILES string of the molecule is COc1ccc(C(=O)C=CNc2ccc(C=Cc3cc(OC)c(OC)c(OC)c3)cc2)cc1N. The number of carbonyl (C=O) groups is 1. The summed E-state index contributed by atoms with van der Waals surface area (Å²) < 4.78 is 21.3. The number of anilines is 2. The fourth-order valence-electron chi connectivity index (χ4n) is 3.28. The number of ketones is 1. The monoisotopic (exact) mass is 460 g/mol. The number of nitrogens with two attached hydrogens (primary N) is 1. The number of methoxy groups -OCH3 is 4. The number of nitrogens with one attached hydrogen (secondary N) is 1. The van der Waals surface area contributed by atoms with Gasteiger partial charge in [0, 0.05) is 23.5 Å². The molecule has 176 valence electrons. The summed E-state index contributed by atoms with van der Waals surface area (Å²) in [5.41, 5.74) is 9.55. The van der Waals surface area contributed by atoms with Crippen LogP contribution < -0.4 is 30.0 Å². The first kappa shape index (κ1) is 24.3. The number of benzene rings is 3. The highest BCUT2D eigenvalue weighted by atomic mass is 16.5. The summed E-state index contributed by atoms with van der Waals surface area (Å²) in [7, 11) is 6.28. The van der Waals surface area contributed by atoms with Crippen LogP contribution in [0.2, 0.25) is 0 Å². The molecule has 34 heavy (non-hydrogen) atoms. The molecule has 0 bridgehead atoms. The van der Waals surface area contributed by atoms with Crippen molar-refractivity contribution in [1.82, 2.24) is 0 Å². The maximum Gasteiger partial charge on any atom is 0.203 e. The quantitative estimate of drug-likeness (QED) is 0.184. The normalized spacial score (nSPS) is 10.9. The number of nitrogen functional groups attached to an aromatic ring is 1. The highest BCUT2D eigenvalue weighted by Crippen LogP contribution is 2.38. The fraction of sp³-hybridized carbons (Fsp3) is 0.148. The van der Waals surface area contributed by atoms with Gasteiger partial charge in [-0.1, -0.05) is 24.3 Å². The average Bonchev–Trinajstić information content (AvgIpc) is 2.87. The van der Waals surface area contributed by atoms with E-state index in [0.29, 0.717) is 34.2 Å². The van der Waals surface area contributed by atoms with E-state index in [4.69, 9.17) is 24.7 Å². The number of allylic oxidation sites excluding steroid dienone is 1. The van der Waals surface area contributed by atoms with Crippen LogP contribution in [0, 0.1) is 0 Å². The first-order valence-electron chi connectivity index (χ1n) is 10.5. The lowest BCUT2D eigenvalue weighted by Crippen LogP contribution is -1.99. The smallest absolute Gasteiger partial charge is 0.203 e.